The number of hydrogen-bond acceptors (Lipinski definition) is 5. The van der Waals surface area contributed by atoms with Gasteiger partial charge in [0, 0.05) is 30.4 Å². The zero-order chi connectivity index (χ0) is 25.1. The maximum atomic E-state index is 13.2. The van der Waals surface area contributed by atoms with Gasteiger partial charge < -0.3 is 24.6 Å². The van der Waals surface area contributed by atoms with E-state index in [2.05, 4.69) is 5.32 Å². The summed E-state index contributed by atoms with van der Waals surface area (Å²) < 4.78 is 49.9. The van der Waals surface area contributed by atoms with Gasteiger partial charge in [-0.25, -0.2) is 14.5 Å². The van der Waals surface area contributed by atoms with Crippen LogP contribution in [0.5, 0.6) is 11.5 Å². The molecule has 2 aromatic rings. The summed E-state index contributed by atoms with van der Waals surface area (Å²) in [7, 11) is 2.96. The number of rotatable bonds is 4. The summed E-state index contributed by atoms with van der Waals surface area (Å²) in [6.07, 6.45) is -4.21. The molecule has 2 bridgehead atoms. The van der Waals surface area contributed by atoms with Crippen molar-refractivity contribution >= 4 is 29.3 Å². The first-order valence-corrected chi connectivity index (χ1v) is 10.8. The monoisotopic (exact) mass is 490 g/mol. The van der Waals surface area contributed by atoms with Gasteiger partial charge in [0.1, 0.15) is 17.5 Å². The topological polar surface area (TPSA) is 91.4 Å². The van der Waals surface area contributed by atoms with Gasteiger partial charge in [-0.05, 0) is 24.6 Å². The Kier molecular flexibility index (Phi) is 5.26. The van der Waals surface area contributed by atoms with Crippen molar-refractivity contribution in [1.82, 2.24) is 9.80 Å². The molecule has 5 amide bonds. The minimum absolute atomic E-state index is 0.150. The highest BCUT2D eigenvalue weighted by molar-refractivity contribution is 6.22. The van der Waals surface area contributed by atoms with E-state index in [9.17, 15) is 27.6 Å². The molecule has 1 N–H and O–H groups in total. The molecule has 2 aromatic carbocycles. The highest BCUT2D eigenvalue weighted by Gasteiger charge is 2.63. The SMILES string of the molecule is COc1cc(NC(=O)N2C[C@@H]3C[C@H]2[C@@H]2C(=O)N(c4cccc(C(F)(F)F)c4)C(=O)N32)cc(OC)c1. The molecule has 0 saturated carbocycles. The summed E-state index contributed by atoms with van der Waals surface area (Å²) >= 11 is 0. The average Bonchev–Trinajstić information content (AvgIpc) is 3.49. The van der Waals surface area contributed by atoms with Crippen molar-refractivity contribution in [1.29, 1.82) is 0 Å². The predicted molar refractivity (Wildman–Crippen MR) is 117 cm³/mol. The number of likely N-dealkylation sites (tertiary alicyclic amines) is 1. The third-order valence-electron chi connectivity index (χ3n) is 6.56. The van der Waals surface area contributed by atoms with E-state index in [0.29, 0.717) is 23.6 Å². The molecule has 3 aliphatic heterocycles. The second-order valence-corrected chi connectivity index (χ2v) is 8.50. The van der Waals surface area contributed by atoms with Gasteiger partial charge in [0.15, 0.2) is 0 Å². The molecule has 0 aliphatic carbocycles. The number of halogens is 3. The Hall–Kier alpha value is -3.96. The number of carbonyl (C=O) groups excluding carboxylic acids is 3. The minimum atomic E-state index is -4.62. The van der Waals surface area contributed by atoms with E-state index >= 15 is 0 Å². The van der Waals surface area contributed by atoms with Crippen molar-refractivity contribution in [3.05, 3.63) is 48.0 Å². The number of amides is 5. The maximum absolute atomic E-state index is 13.2. The summed E-state index contributed by atoms with van der Waals surface area (Å²) in [5, 5.41) is 2.76. The van der Waals surface area contributed by atoms with Gasteiger partial charge in [-0.15, -0.1) is 0 Å². The van der Waals surface area contributed by atoms with Gasteiger partial charge in [0.2, 0.25) is 0 Å². The number of fused-ring (bicyclic) bond motifs is 5. The number of imide groups is 1. The molecule has 9 nitrogen and oxygen atoms in total. The molecule has 3 saturated heterocycles. The average molecular weight is 490 g/mol. The number of nitrogens with zero attached hydrogens (tertiary/aromatic N) is 3. The second kappa shape index (κ2) is 8.07. The fourth-order valence-corrected chi connectivity index (χ4v) is 5.02. The largest absolute Gasteiger partial charge is 0.497 e. The number of alkyl halides is 3. The van der Waals surface area contributed by atoms with E-state index in [-0.39, 0.29) is 12.2 Å². The van der Waals surface area contributed by atoms with Crippen molar-refractivity contribution in [2.75, 3.05) is 31.0 Å². The normalized spacial score (nSPS) is 23.1. The molecule has 0 spiro atoms. The lowest BCUT2D eigenvalue weighted by atomic mass is 10.1. The third-order valence-corrected chi connectivity index (χ3v) is 6.56. The molecule has 35 heavy (non-hydrogen) atoms. The first-order chi connectivity index (χ1) is 16.6. The van der Waals surface area contributed by atoms with E-state index in [1.807, 2.05) is 0 Å². The third kappa shape index (κ3) is 3.69. The Morgan fingerprint density at radius 2 is 1.74 bits per heavy atom. The molecule has 3 fully saturated rings. The zero-order valence-corrected chi connectivity index (χ0v) is 18.7. The number of urea groups is 2. The quantitative estimate of drug-likeness (QED) is 0.662. The predicted octanol–water partition coefficient (Wildman–Crippen LogP) is 3.55. The van der Waals surface area contributed by atoms with E-state index in [1.54, 1.807) is 18.2 Å². The molecule has 184 valence electrons. The lowest BCUT2D eigenvalue weighted by molar-refractivity contribution is -0.137. The Morgan fingerprint density at radius 1 is 1.06 bits per heavy atom. The lowest BCUT2D eigenvalue weighted by Gasteiger charge is -2.34. The number of piperazine rings is 1. The summed E-state index contributed by atoms with van der Waals surface area (Å²) in [5.74, 6) is 0.298. The Labute approximate surface area is 198 Å². The molecule has 12 heteroatoms. The van der Waals surface area contributed by atoms with Crippen LogP contribution in [0.4, 0.5) is 34.1 Å². The van der Waals surface area contributed by atoms with Gasteiger partial charge in [-0.1, -0.05) is 6.07 Å². The van der Waals surface area contributed by atoms with Crippen LogP contribution in [-0.2, 0) is 11.0 Å². The molecule has 0 unspecified atom stereocenters. The van der Waals surface area contributed by atoms with Crippen molar-refractivity contribution in [2.45, 2.75) is 30.7 Å². The van der Waals surface area contributed by atoms with Crippen LogP contribution >= 0.6 is 0 Å². The van der Waals surface area contributed by atoms with Gasteiger partial charge in [-0.3, -0.25) is 4.79 Å². The van der Waals surface area contributed by atoms with Crippen LogP contribution in [0.3, 0.4) is 0 Å². The number of benzene rings is 2. The van der Waals surface area contributed by atoms with Crippen LogP contribution in [0.1, 0.15) is 12.0 Å². The van der Waals surface area contributed by atoms with E-state index in [1.165, 1.54) is 30.1 Å². The zero-order valence-electron chi connectivity index (χ0n) is 18.7. The smallest absolute Gasteiger partial charge is 0.416 e. The van der Waals surface area contributed by atoms with Crippen molar-refractivity contribution in [3.8, 4) is 11.5 Å². The molecule has 3 atom stereocenters. The highest BCUT2D eigenvalue weighted by Crippen LogP contribution is 2.43. The number of anilines is 2. The number of nitrogens with one attached hydrogen (secondary N) is 1. The molecule has 3 aliphatic rings. The number of ether oxygens (including phenoxy) is 2. The van der Waals surface area contributed by atoms with E-state index in [4.69, 9.17) is 9.47 Å². The minimum Gasteiger partial charge on any atom is -0.497 e. The van der Waals surface area contributed by atoms with Gasteiger partial charge >= 0.3 is 18.2 Å². The maximum Gasteiger partial charge on any atom is 0.416 e. The fraction of sp³-hybridized carbons (Fsp3) is 0.348. The summed E-state index contributed by atoms with van der Waals surface area (Å²) in [5.41, 5.74) is -0.686. The molecule has 5 rings (SSSR count). The number of hydrogen-bond donors (Lipinski definition) is 1. The first-order valence-electron chi connectivity index (χ1n) is 10.8. The van der Waals surface area contributed by atoms with Gasteiger partial charge in [0.25, 0.3) is 5.91 Å². The van der Waals surface area contributed by atoms with Crippen LogP contribution in [-0.4, -0.2) is 66.7 Å². The standard InChI is InChI=1S/C23H21F3N4O5/c1-34-16-7-13(8-17(10-16)35-2)27-21(32)28-11-15-9-18(28)19-20(31)30(22(33)29(15)19)14-5-3-4-12(6-14)23(24,25)26/h3-8,10,15,18-19H,9,11H2,1-2H3,(H,27,32)/t15-,18-,19+/m0/s1. The number of methoxy groups -OCH3 is 2. The first kappa shape index (κ1) is 22.8. The van der Waals surface area contributed by atoms with Crippen molar-refractivity contribution in [2.24, 2.45) is 0 Å². The van der Waals surface area contributed by atoms with Crippen LogP contribution in [0, 0.1) is 0 Å². The fourth-order valence-electron chi connectivity index (χ4n) is 5.02. The van der Waals surface area contributed by atoms with Crippen molar-refractivity contribution in [3.63, 3.8) is 0 Å². The van der Waals surface area contributed by atoms with Crippen LogP contribution in [0.2, 0.25) is 0 Å². The Balaban J connectivity index is 1.37. The van der Waals surface area contributed by atoms with Gasteiger partial charge in [0.05, 0.1) is 37.6 Å². The highest BCUT2D eigenvalue weighted by atomic mass is 19.4. The van der Waals surface area contributed by atoms with Crippen LogP contribution < -0.4 is 19.7 Å². The second-order valence-electron chi connectivity index (χ2n) is 8.50. The molecular formula is C23H21F3N4O5. The van der Waals surface area contributed by atoms with Crippen molar-refractivity contribution < 1.29 is 37.0 Å². The molecular weight excluding hydrogens is 469 g/mol. The van der Waals surface area contributed by atoms with Crippen LogP contribution in [0.15, 0.2) is 42.5 Å². The Bertz CT molecular complexity index is 1200. The molecule has 0 radical (unpaired) electrons. The van der Waals surface area contributed by atoms with E-state index in [0.717, 1.165) is 23.1 Å². The Morgan fingerprint density at radius 3 is 2.37 bits per heavy atom. The molecule has 3 heterocycles. The summed E-state index contributed by atoms with van der Waals surface area (Å²) in [4.78, 5) is 43.0. The lowest BCUT2D eigenvalue weighted by Crippen LogP contribution is -2.55. The van der Waals surface area contributed by atoms with Crippen LogP contribution in [0.25, 0.3) is 0 Å². The summed E-state index contributed by atoms with van der Waals surface area (Å²) in [6, 6.07) is 5.85. The molecule has 0 aromatic heterocycles. The number of carbonyl (C=O) groups is 3. The summed E-state index contributed by atoms with van der Waals surface area (Å²) in [6.45, 7) is 0.198. The van der Waals surface area contributed by atoms with Gasteiger partial charge in [-0.2, -0.15) is 13.2 Å². The van der Waals surface area contributed by atoms with E-state index < -0.39 is 47.8 Å².